The molecule has 3 aromatic heterocycles. The molecule has 0 fully saturated rings. The van der Waals surface area contributed by atoms with Gasteiger partial charge in [-0.25, -0.2) is 27.6 Å². The van der Waals surface area contributed by atoms with Gasteiger partial charge in [-0.3, -0.25) is 9.29 Å². The van der Waals surface area contributed by atoms with Crippen LogP contribution in [0.4, 0.5) is 15.3 Å². The van der Waals surface area contributed by atoms with E-state index in [9.17, 15) is 17.6 Å². The molecule has 0 aliphatic carbocycles. The molecule has 0 spiro atoms. The number of benzene rings is 2. The third-order valence-electron chi connectivity index (χ3n) is 4.80. The molecule has 10 nitrogen and oxygen atoms in total. The van der Waals surface area contributed by atoms with Gasteiger partial charge in [0.25, 0.3) is 10.0 Å². The molecule has 3 heterocycles. The van der Waals surface area contributed by atoms with Crippen LogP contribution < -0.4 is 16.2 Å². The summed E-state index contributed by atoms with van der Waals surface area (Å²) in [6, 6.07) is 9.08. The van der Waals surface area contributed by atoms with Crippen LogP contribution in [-0.4, -0.2) is 27.3 Å². The minimum atomic E-state index is -4.31. The number of hydrogen-bond donors (Lipinski definition) is 2. The maximum absolute atomic E-state index is 14.8. The van der Waals surface area contributed by atoms with E-state index in [4.69, 9.17) is 10.2 Å². The number of pyridine rings is 1. The SMILES string of the molecule is Nc1cc2cccc(Cn3c(=O)oc4cc(S(=O)(=O)Nc5ncns5)c(F)cc43)c2cn1. The topological polar surface area (TPSA) is 146 Å². The summed E-state index contributed by atoms with van der Waals surface area (Å²) in [4.78, 5) is 19.7. The summed E-state index contributed by atoms with van der Waals surface area (Å²) >= 11 is 0.799. The van der Waals surface area contributed by atoms with Gasteiger partial charge < -0.3 is 10.2 Å². The highest BCUT2D eigenvalue weighted by Crippen LogP contribution is 2.26. The van der Waals surface area contributed by atoms with E-state index >= 15 is 0 Å². The summed E-state index contributed by atoms with van der Waals surface area (Å²) in [5, 5.41) is 1.58. The number of sulfonamides is 1. The van der Waals surface area contributed by atoms with Crippen molar-refractivity contribution >= 4 is 54.4 Å². The van der Waals surface area contributed by atoms with Crippen molar-refractivity contribution in [3.8, 4) is 0 Å². The van der Waals surface area contributed by atoms with Gasteiger partial charge in [0.15, 0.2) is 5.58 Å². The summed E-state index contributed by atoms with van der Waals surface area (Å²) in [5.41, 5.74) is 6.51. The van der Waals surface area contributed by atoms with Gasteiger partial charge in [-0.1, -0.05) is 18.2 Å². The zero-order valence-electron chi connectivity index (χ0n) is 16.0. The molecule has 3 N–H and O–H groups in total. The zero-order chi connectivity index (χ0) is 22.5. The molecule has 0 aliphatic heterocycles. The molecule has 0 atom stereocenters. The van der Waals surface area contributed by atoms with Gasteiger partial charge in [0, 0.05) is 35.2 Å². The normalized spacial score (nSPS) is 11.9. The van der Waals surface area contributed by atoms with Crippen molar-refractivity contribution in [2.75, 3.05) is 10.5 Å². The summed E-state index contributed by atoms with van der Waals surface area (Å²) in [5.74, 6) is -1.44. The first kappa shape index (κ1) is 20.1. The van der Waals surface area contributed by atoms with Crippen LogP contribution in [0.25, 0.3) is 21.9 Å². The van der Waals surface area contributed by atoms with Crippen molar-refractivity contribution in [1.29, 1.82) is 0 Å². The van der Waals surface area contributed by atoms with Crippen LogP contribution in [0.1, 0.15) is 5.56 Å². The Balaban J connectivity index is 1.59. The average molecular weight is 472 g/mol. The fraction of sp³-hybridized carbons (Fsp3) is 0.0526. The molecule has 5 rings (SSSR count). The highest BCUT2D eigenvalue weighted by atomic mass is 32.2. The molecule has 32 heavy (non-hydrogen) atoms. The van der Waals surface area contributed by atoms with E-state index in [1.54, 1.807) is 24.4 Å². The van der Waals surface area contributed by atoms with Crippen molar-refractivity contribution in [3.63, 3.8) is 0 Å². The van der Waals surface area contributed by atoms with Crippen LogP contribution in [0, 0.1) is 5.82 Å². The number of nitrogens with zero attached hydrogens (tertiary/aromatic N) is 4. The van der Waals surface area contributed by atoms with Gasteiger partial charge >= 0.3 is 5.76 Å². The number of oxazole rings is 1. The first-order valence-electron chi connectivity index (χ1n) is 9.07. The van der Waals surface area contributed by atoms with Crippen LogP contribution in [0.5, 0.6) is 0 Å². The lowest BCUT2D eigenvalue weighted by molar-refractivity contribution is 0.517. The van der Waals surface area contributed by atoms with E-state index in [-0.39, 0.29) is 22.8 Å². The monoisotopic (exact) mass is 472 g/mol. The predicted octanol–water partition coefficient (Wildman–Crippen LogP) is 2.56. The molecule has 0 unspecified atom stereocenters. The van der Waals surface area contributed by atoms with Gasteiger partial charge in [0.1, 0.15) is 22.9 Å². The highest BCUT2D eigenvalue weighted by molar-refractivity contribution is 7.93. The Labute approximate surface area is 183 Å². The number of rotatable bonds is 5. The van der Waals surface area contributed by atoms with Gasteiger partial charge in [-0.2, -0.15) is 4.37 Å². The Hall–Kier alpha value is -3.84. The Bertz CT molecular complexity index is 1640. The second-order valence-electron chi connectivity index (χ2n) is 6.80. The minimum absolute atomic E-state index is 0.0197. The molecule has 2 aromatic carbocycles. The second-order valence-corrected chi connectivity index (χ2v) is 9.23. The minimum Gasteiger partial charge on any atom is -0.408 e. The molecule has 0 amide bonds. The summed E-state index contributed by atoms with van der Waals surface area (Å²) in [6.07, 6.45) is 2.76. The predicted molar refractivity (Wildman–Crippen MR) is 116 cm³/mol. The van der Waals surface area contributed by atoms with E-state index in [1.165, 1.54) is 10.9 Å². The highest BCUT2D eigenvalue weighted by Gasteiger charge is 2.24. The van der Waals surface area contributed by atoms with Gasteiger partial charge in [-0.15, -0.1) is 0 Å². The maximum Gasteiger partial charge on any atom is 0.420 e. The molecule has 0 saturated heterocycles. The second kappa shape index (κ2) is 7.39. The number of anilines is 2. The Morgan fingerprint density at radius 1 is 1.22 bits per heavy atom. The number of nitrogen functional groups attached to an aromatic ring is 1. The first-order chi connectivity index (χ1) is 15.3. The van der Waals surface area contributed by atoms with E-state index in [2.05, 4.69) is 19.1 Å². The van der Waals surface area contributed by atoms with E-state index in [1.807, 2.05) is 6.07 Å². The summed E-state index contributed by atoms with van der Waals surface area (Å²) in [7, 11) is -4.31. The Morgan fingerprint density at radius 3 is 2.84 bits per heavy atom. The Kier molecular flexibility index (Phi) is 4.64. The summed E-state index contributed by atoms with van der Waals surface area (Å²) in [6.45, 7) is 0.0589. The molecule has 13 heteroatoms. The van der Waals surface area contributed by atoms with Crippen LogP contribution in [0.3, 0.4) is 0 Å². The number of fused-ring (bicyclic) bond motifs is 2. The van der Waals surface area contributed by atoms with Crippen LogP contribution in [-0.2, 0) is 16.6 Å². The van der Waals surface area contributed by atoms with Crippen molar-refractivity contribution in [2.24, 2.45) is 0 Å². The number of hydrogen-bond acceptors (Lipinski definition) is 9. The molecule has 0 bridgehead atoms. The fourth-order valence-electron chi connectivity index (χ4n) is 3.37. The number of nitrogens with one attached hydrogen (secondary N) is 1. The van der Waals surface area contributed by atoms with Crippen molar-refractivity contribution < 1.29 is 17.2 Å². The number of nitrogens with two attached hydrogens (primary N) is 1. The maximum atomic E-state index is 14.8. The Morgan fingerprint density at radius 2 is 2.06 bits per heavy atom. The molecule has 5 aromatic rings. The average Bonchev–Trinajstić information content (AvgIpc) is 3.35. The summed E-state index contributed by atoms with van der Waals surface area (Å²) < 4.78 is 52.2. The van der Waals surface area contributed by atoms with Crippen LogP contribution in [0.2, 0.25) is 0 Å². The smallest absolute Gasteiger partial charge is 0.408 e. The molecule has 0 saturated carbocycles. The number of aromatic nitrogens is 4. The third-order valence-corrected chi connectivity index (χ3v) is 6.86. The van der Waals surface area contributed by atoms with Crippen molar-refractivity contribution in [3.05, 3.63) is 70.9 Å². The lowest BCUT2D eigenvalue weighted by Crippen LogP contribution is -2.16. The standard InChI is InChI=1S/C19H13FN6O4S2/c20-13-5-14-15(6-16(13)32(28,29)25-18-23-9-24-31-18)30-19(27)26(14)8-11-3-1-2-10-4-17(21)22-7-12(10)11/h1-7,9H,8H2,(H2,21,22)(H,23,24,25). The van der Waals surface area contributed by atoms with Crippen molar-refractivity contribution in [2.45, 2.75) is 11.4 Å². The fourth-order valence-corrected chi connectivity index (χ4v) is 5.11. The van der Waals surface area contributed by atoms with Gasteiger partial charge in [0.2, 0.25) is 5.13 Å². The molecule has 162 valence electrons. The first-order valence-corrected chi connectivity index (χ1v) is 11.3. The van der Waals surface area contributed by atoms with E-state index < -0.39 is 26.5 Å². The largest absolute Gasteiger partial charge is 0.420 e. The van der Waals surface area contributed by atoms with Crippen molar-refractivity contribution in [1.82, 2.24) is 18.9 Å². The molecular formula is C19H13FN6O4S2. The van der Waals surface area contributed by atoms with Crippen LogP contribution in [0.15, 0.2) is 63.0 Å². The van der Waals surface area contributed by atoms with E-state index in [0.29, 0.717) is 5.82 Å². The molecule has 0 radical (unpaired) electrons. The van der Waals surface area contributed by atoms with Crippen LogP contribution >= 0.6 is 11.5 Å². The lowest BCUT2D eigenvalue weighted by Gasteiger charge is -2.09. The van der Waals surface area contributed by atoms with Gasteiger partial charge in [0.05, 0.1) is 12.1 Å². The number of halogens is 1. The van der Waals surface area contributed by atoms with Gasteiger partial charge in [-0.05, 0) is 17.0 Å². The third kappa shape index (κ3) is 3.46. The zero-order valence-corrected chi connectivity index (χ0v) is 17.7. The molecular weight excluding hydrogens is 459 g/mol. The quantitative estimate of drug-likeness (QED) is 0.397. The lowest BCUT2D eigenvalue weighted by atomic mass is 10.1. The molecule has 0 aliphatic rings. The van der Waals surface area contributed by atoms with E-state index in [0.717, 1.165) is 40.0 Å².